The van der Waals surface area contributed by atoms with Crippen LogP contribution in [0.15, 0.2) is 22.9 Å². The van der Waals surface area contributed by atoms with Crippen LogP contribution in [0.5, 0.6) is 0 Å². The summed E-state index contributed by atoms with van der Waals surface area (Å²) in [4.78, 5) is 40.1. The third-order valence-electron chi connectivity index (χ3n) is 7.51. The van der Waals surface area contributed by atoms with E-state index in [2.05, 4.69) is 25.1 Å². The summed E-state index contributed by atoms with van der Waals surface area (Å²) in [6, 6.07) is 1.63. The van der Waals surface area contributed by atoms with Crippen molar-refractivity contribution < 1.29 is 14.0 Å². The molecule has 10 nitrogen and oxygen atoms in total. The molecule has 5 rings (SSSR count). The molecular weight excluding hydrogens is 434 g/mol. The number of aromatic nitrogens is 4. The largest absolute Gasteiger partial charge is 0.423 e. The highest BCUT2D eigenvalue weighted by Gasteiger charge is 2.49. The molecule has 34 heavy (non-hydrogen) atoms. The number of piperidine rings is 1. The van der Waals surface area contributed by atoms with Crippen LogP contribution in [-0.2, 0) is 4.79 Å². The van der Waals surface area contributed by atoms with Gasteiger partial charge in [0.1, 0.15) is 0 Å². The zero-order valence-electron chi connectivity index (χ0n) is 20.0. The minimum absolute atomic E-state index is 0.0107. The summed E-state index contributed by atoms with van der Waals surface area (Å²) in [5.41, 5.74) is 0.0107. The molecule has 0 saturated carbocycles. The molecule has 0 aromatic carbocycles. The molecule has 0 radical (unpaired) electrons. The van der Waals surface area contributed by atoms with Gasteiger partial charge >= 0.3 is 0 Å². The molecule has 3 aliphatic rings. The Morgan fingerprint density at radius 2 is 1.76 bits per heavy atom. The first-order chi connectivity index (χ1) is 16.4. The van der Waals surface area contributed by atoms with Crippen molar-refractivity contribution in [1.29, 1.82) is 0 Å². The van der Waals surface area contributed by atoms with Gasteiger partial charge in [0.05, 0.1) is 12.6 Å². The number of carbonyl (C=O) groups is 2. The van der Waals surface area contributed by atoms with E-state index in [4.69, 9.17) is 4.42 Å². The lowest BCUT2D eigenvalue weighted by molar-refractivity contribution is -0.131. The molecule has 2 amide bonds. The second-order valence-electron chi connectivity index (χ2n) is 10.2. The van der Waals surface area contributed by atoms with Gasteiger partial charge in [-0.1, -0.05) is 13.8 Å². The van der Waals surface area contributed by atoms with Gasteiger partial charge in [0.15, 0.2) is 0 Å². The Morgan fingerprint density at radius 3 is 2.41 bits per heavy atom. The van der Waals surface area contributed by atoms with Crippen molar-refractivity contribution in [1.82, 2.24) is 34.9 Å². The second kappa shape index (κ2) is 9.40. The summed E-state index contributed by atoms with van der Waals surface area (Å²) < 4.78 is 6.05. The number of hydrogen-bond acceptors (Lipinski definition) is 8. The van der Waals surface area contributed by atoms with E-state index in [-0.39, 0.29) is 35.0 Å². The first-order valence-electron chi connectivity index (χ1n) is 12.4. The SMILES string of the molecule is CC(C)c1nnc(C2CC3(CCN(C(=O)c4ncccn4)CC3)CN2CC(=O)N2CCCC2)o1. The van der Waals surface area contributed by atoms with Crippen LogP contribution in [-0.4, -0.2) is 85.9 Å². The molecule has 5 heterocycles. The minimum atomic E-state index is -0.121. The van der Waals surface area contributed by atoms with Gasteiger partial charge in [0.25, 0.3) is 5.91 Å². The molecule has 182 valence electrons. The second-order valence-corrected chi connectivity index (χ2v) is 10.2. The molecule has 3 fully saturated rings. The molecule has 0 aliphatic carbocycles. The third-order valence-corrected chi connectivity index (χ3v) is 7.51. The number of nitrogens with zero attached hydrogens (tertiary/aromatic N) is 7. The molecule has 1 spiro atoms. The van der Waals surface area contributed by atoms with Crippen molar-refractivity contribution in [3.8, 4) is 0 Å². The quantitative estimate of drug-likeness (QED) is 0.659. The van der Waals surface area contributed by atoms with Crippen LogP contribution >= 0.6 is 0 Å². The number of likely N-dealkylation sites (tertiary alicyclic amines) is 3. The lowest BCUT2D eigenvalue weighted by atomic mass is 9.76. The molecular formula is C24H33N7O3. The maximum absolute atomic E-state index is 13.0. The summed E-state index contributed by atoms with van der Waals surface area (Å²) >= 11 is 0. The van der Waals surface area contributed by atoms with Crippen molar-refractivity contribution in [3.05, 3.63) is 36.1 Å². The van der Waals surface area contributed by atoms with Crippen molar-refractivity contribution >= 4 is 11.8 Å². The van der Waals surface area contributed by atoms with E-state index < -0.39 is 0 Å². The lowest BCUT2D eigenvalue weighted by Crippen LogP contribution is -2.45. The Bertz CT molecular complexity index is 1010. The first-order valence-corrected chi connectivity index (χ1v) is 12.4. The summed E-state index contributed by atoms with van der Waals surface area (Å²) in [7, 11) is 0. The highest BCUT2D eigenvalue weighted by atomic mass is 16.4. The van der Waals surface area contributed by atoms with Gasteiger partial charge in [-0.05, 0) is 43.6 Å². The molecule has 3 aliphatic heterocycles. The van der Waals surface area contributed by atoms with E-state index in [0.29, 0.717) is 31.4 Å². The highest BCUT2D eigenvalue weighted by molar-refractivity contribution is 5.90. The third kappa shape index (κ3) is 4.55. The van der Waals surface area contributed by atoms with E-state index >= 15 is 0 Å². The topological polar surface area (TPSA) is 109 Å². The fraction of sp³-hybridized carbons (Fsp3) is 0.667. The Morgan fingerprint density at radius 1 is 1.06 bits per heavy atom. The summed E-state index contributed by atoms with van der Waals surface area (Å²) in [5, 5.41) is 8.62. The molecule has 1 unspecified atom stereocenters. The molecule has 10 heteroatoms. The predicted octanol–water partition coefficient (Wildman–Crippen LogP) is 2.27. The Hall–Kier alpha value is -2.88. The van der Waals surface area contributed by atoms with E-state index in [1.807, 2.05) is 23.6 Å². The van der Waals surface area contributed by atoms with Crippen LogP contribution < -0.4 is 0 Å². The van der Waals surface area contributed by atoms with Crippen molar-refractivity contribution in [2.75, 3.05) is 39.3 Å². The zero-order chi connectivity index (χ0) is 23.7. The molecule has 2 aromatic rings. The minimum Gasteiger partial charge on any atom is -0.423 e. The van der Waals surface area contributed by atoms with Gasteiger partial charge in [-0.2, -0.15) is 0 Å². The Balaban J connectivity index is 1.31. The molecule has 3 saturated heterocycles. The van der Waals surface area contributed by atoms with Gasteiger partial charge in [-0.15, -0.1) is 10.2 Å². The fourth-order valence-corrected chi connectivity index (χ4v) is 5.51. The van der Waals surface area contributed by atoms with Gasteiger partial charge in [-0.25, -0.2) is 9.97 Å². The van der Waals surface area contributed by atoms with Crippen molar-refractivity contribution in [2.45, 2.75) is 57.9 Å². The van der Waals surface area contributed by atoms with Gasteiger partial charge in [0, 0.05) is 51.0 Å². The van der Waals surface area contributed by atoms with Gasteiger partial charge in [0.2, 0.25) is 23.5 Å². The monoisotopic (exact) mass is 467 g/mol. The van der Waals surface area contributed by atoms with Crippen LogP contribution in [0.1, 0.15) is 80.3 Å². The molecule has 0 bridgehead atoms. The van der Waals surface area contributed by atoms with E-state index in [1.54, 1.807) is 18.5 Å². The number of amides is 2. The first kappa shape index (κ1) is 22.9. The maximum Gasteiger partial charge on any atom is 0.291 e. The smallest absolute Gasteiger partial charge is 0.291 e. The zero-order valence-corrected chi connectivity index (χ0v) is 20.0. The van der Waals surface area contributed by atoms with E-state index in [9.17, 15) is 9.59 Å². The fourth-order valence-electron chi connectivity index (χ4n) is 5.51. The van der Waals surface area contributed by atoms with Crippen LogP contribution in [0.2, 0.25) is 0 Å². The Kier molecular flexibility index (Phi) is 6.33. The van der Waals surface area contributed by atoms with E-state index in [1.165, 1.54) is 0 Å². The van der Waals surface area contributed by atoms with Crippen LogP contribution in [0.4, 0.5) is 0 Å². The lowest BCUT2D eigenvalue weighted by Gasteiger charge is -2.39. The summed E-state index contributed by atoms with van der Waals surface area (Å²) in [5.74, 6) is 1.69. The predicted molar refractivity (Wildman–Crippen MR) is 123 cm³/mol. The van der Waals surface area contributed by atoms with Crippen LogP contribution in [0.3, 0.4) is 0 Å². The van der Waals surface area contributed by atoms with Gasteiger partial charge < -0.3 is 14.2 Å². The average molecular weight is 468 g/mol. The molecule has 1 atom stereocenters. The van der Waals surface area contributed by atoms with Gasteiger partial charge in [-0.3, -0.25) is 14.5 Å². The van der Waals surface area contributed by atoms with Crippen molar-refractivity contribution in [3.63, 3.8) is 0 Å². The average Bonchev–Trinajstić information content (AvgIpc) is 3.60. The van der Waals surface area contributed by atoms with Crippen molar-refractivity contribution in [2.24, 2.45) is 5.41 Å². The normalized spacial score (nSPS) is 22.7. The maximum atomic E-state index is 13.0. The standard InChI is InChI=1S/C24H33N7O3/c1-17(2)21-27-28-22(34-21)18-14-24(16-31(18)15-19(32)29-10-3-4-11-29)6-12-30(13-7-24)23(33)20-25-8-5-9-26-20/h5,8-9,17-18H,3-4,6-7,10-16H2,1-2H3. The molecule has 2 aromatic heterocycles. The highest BCUT2D eigenvalue weighted by Crippen LogP contribution is 2.49. The number of rotatable bonds is 5. The van der Waals surface area contributed by atoms with E-state index in [0.717, 1.165) is 51.7 Å². The summed E-state index contributed by atoms with van der Waals surface area (Å²) in [6.07, 6.45) is 7.93. The Labute approximate surface area is 199 Å². The summed E-state index contributed by atoms with van der Waals surface area (Å²) in [6.45, 7) is 8.22. The van der Waals surface area contributed by atoms with Crippen LogP contribution in [0, 0.1) is 5.41 Å². The number of carbonyl (C=O) groups excluding carboxylic acids is 2. The molecule has 0 N–H and O–H groups in total. The van der Waals surface area contributed by atoms with Crippen LogP contribution in [0.25, 0.3) is 0 Å². The number of hydrogen-bond donors (Lipinski definition) is 0.